The van der Waals surface area contributed by atoms with E-state index in [4.69, 9.17) is 0 Å². The molecule has 0 amide bonds. The number of rotatable bonds is 5. The Bertz CT molecular complexity index is 2790. The van der Waals surface area contributed by atoms with Gasteiger partial charge in [-0.15, -0.1) is 11.3 Å². The lowest BCUT2D eigenvalue weighted by molar-refractivity contribution is 0.660. The van der Waals surface area contributed by atoms with Crippen molar-refractivity contribution in [3.63, 3.8) is 0 Å². The summed E-state index contributed by atoms with van der Waals surface area (Å²) in [4.78, 5) is 2.53. The van der Waals surface area contributed by atoms with Crippen LogP contribution in [0.1, 0.15) is 25.0 Å². The highest BCUT2D eigenvalue weighted by molar-refractivity contribution is 7.26. The molecule has 8 aromatic carbocycles. The quantitative estimate of drug-likeness (QED) is 0.176. The van der Waals surface area contributed by atoms with E-state index in [-0.39, 0.29) is 5.41 Å². The summed E-state index contributed by atoms with van der Waals surface area (Å²) in [6.07, 6.45) is 0. The Morgan fingerprint density at radius 2 is 1.14 bits per heavy atom. The fourth-order valence-electron chi connectivity index (χ4n) is 8.28. The SMILES string of the molecule is CC1(C)c2ccccc2-c2ccc(N(c3ccccc3-c3ccccc3)c3cc(-c4ccc5ccccc5c4)cc4c3sc3ccccc34)cc21. The summed E-state index contributed by atoms with van der Waals surface area (Å²) >= 11 is 1.89. The number of nitrogens with zero attached hydrogens (tertiary/aromatic N) is 1. The standard InChI is InChI=1S/C49H35NS/c1-49(2)43-21-11-8-19-39(43)40-27-26-37(31-44(40)49)50(45-22-12-9-18-38(45)33-15-4-3-5-16-33)46-30-36(35-25-24-32-14-6-7-17-34(32)28-35)29-42-41-20-10-13-23-47(41)51-48(42)46/h3-31H,1-2H3. The Morgan fingerprint density at radius 1 is 0.431 bits per heavy atom. The Labute approximate surface area is 302 Å². The van der Waals surface area contributed by atoms with Crippen LogP contribution in [0.4, 0.5) is 17.1 Å². The van der Waals surface area contributed by atoms with E-state index < -0.39 is 0 Å². The van der Waals surface area contributed by atoms with Gasteiger partial charge in [-0.2, -0.15) is 0 Å². The summed E-state index contributed by atoms with van der Waals surface area (Å²) in [5.74, 6) is 0. The Hall–Kier alpha value is -5.96. The maximum Gasteiger partial charge on any atom is 0.0646 e. The van der Waals surface area contributed by atoms with Crippen molar-refractivity contribution in [2.24, 2.45) is 0 Å². The molecule has 10 rings (SSSR count). The molecule has 242 valence electrons. The molecule has 1 heterocycles. The lowest BCUT2D eigenvalue weighted by atomic mass is 9.82. The van der Waals surface area contributed by atoms with Gasteiger partial charge >= 0.3 is 0 Å². The van der Waals surface area contributed by atoms with Crippen LogP contribution in [0.5, 0.6) is 0 Å². The predicted molar refractivity (Wildman–Crippen MR) is 220 cm³/mol. The second kappa shape index (κ2) is 11.6. The number of thiophene rings is 1. The molecule has 0 fully saturated rings. The van der Waals surface area contributed by atoms with Crippen molar-refractivity contribution in [2.75, 3.05) is 4.90 Å². The average Bonchev–Trinajstić information content (AvgIpc) is 3.67. The van der Waals surface area contributed by atoms with Gasteiger partial charge in [0.15, 0.2) is 0 Å². The molecule has 0 radical (unpaired) electrons. The van der Waals surface area contributed by atoms with Crippen LogP contribution in [0.15, 0.2) is 176 Å². The highest BCUT2D eigenvalue weighted by atomic mass is 32.1. The van der Waals surface area contributed by atoms with E-state index in [0.29, 0.717) is 0 Å². The lowest BCUT2D eigenvalue weighted by Gasteiger charge is -2.30. The maximum absolute atomic E-state index is 2.53. The molecule has 1 aliphatic carbocycles. The van der Waals surface area contributed by atoms with E-state index in [1.807, 2.05) is 11.3 Å². The van der Waals surface area contributed by atoms with E-state index in [2.05, 4.69) is 195 Å². The molecule has 0 saturated carbocycles. The molecule has 51 heavy (non-hydrogen) atoms. The minimum atomic E-state index is -0.119. The molecule has 0 bridgehead atoms. The normalized spacial score (nSPS) is 13.1. The molecular weight excluding hydrogens is 635 g/mol. The molecule has 1 aromatic heterocycles. The highest BCUT2D eigenvalue weighted by Gasteiger charge is 2.36. The van der Waals surface area contributed by atoms with Crippen molar-refractivity contribution in [1.29, 1.82) is 0 Å². The maximum atomic E-state index is 2.53. The summed E-state index contributed by atoms with van der Waals surface area (Å²) in [7, 11) is 0. The van der Waals surface area contributed by atoms with Crippen molar-refractivity contribution in [3.8, 4) is 33.4 Å². The van der Waals surface area contributed by atoms with Gasteiger partial charge in [-0.05, 0) is 92.2 Å². The number of hydrogen-bond acceptors (Lipinski definition) is 2. The molecule has 1 aliphatic rings. The third-order valence-corrected chi connectivity index (χ3v) is 12.0. The highest BCUT2D eigenvalue weighted by Crippen LogP contribution is 2.53. The minimum absolute atomic E-state index is 0.119. The first-order chi connectivity index (χ1) is 25.0. The van der Waals surface area contributed by atoms with Crippen LogP contribution in [-0.2, 0) is 5.41 Å². The Balaban J connectivity index is 1.29. The average molecular weight is 670 g/mol. The van der Waals surface area contributed by atoms with Gasteiger partial charge in [0.1, 0.15) is 0 Å². The summed E-state index contributed by atoms with van der Waals surface area (Å²) in [5.41, 5.74) is 13.6. The predicted octanol–water partition coefficient (Wildman–Crippen LogP) is 14.3. The van der Waals surface area contributed by atoms with Crippen molar-refractivity contribution < 1.29 is 0 Å². The first kappa shape index (κ1) is 29.9. The third-order valence-electron chi connectivity index (χ3n) is 10.8. The second-order valence-electron chi connectivity index (χ2n) is 14.2. The van der Waals surface area contributed by atoms with E-state index in [1.165, 1.54) is 81.1 Å². The van der Waals surface area contributed by atoms with Gasteiger partial charge in [0, 0.05) is 32.1 Å². The van der Waals surface area contributed by atoms with Crippen LogP contribution in [0.3, 0.4) is 0 Å². The van der Waals surface area contributed by atoms with Crippen molar-refractivity contribution >= 4 is 59.3 Å². The number of anilines is 3. The minimum Gasteiger partial charge on any atom is -0.308 e. The van der Waals surface area contributed by atoms with Crippen LogP contribution >= 0.6 is 11.3 Å². The zero-order valence-electron chi connectivity index (χ0n) is 28.6. The van der Waals surface area contributed by atoms with Gasteiger partial charge in [-0.25, -0.2) is 0 Å². The molecule has 9 aromatic rings. The summed E-state index contributed by atoms with van der Waals surface area (Å²) < 4.78 is 2.58. The number of hydrogen-bond donors (Lipinski definition) is 0. The van der Waals surface area contributed by atoms with E-state index in [1.54, 1.807) is 0 Å². The molecule has 0 aliphatic heterocycles. The second-order valence-corrected chi connectivity index (χ2v) is 15.2. The molecule has 0 unspecified atom stereocenters. The summed E-state index contributed by atoms with van der Waals surface area (Å²) in [6.45, 7) is 4.74. The number of para-hydroxylation sites is 1. The largest absolute Gasteiger partial charge is 0.308 e. The van der Waals surface area contributed by atoms with Crippen molar-refractivity contribution in [3.05, 3.63) is 187 Å². The van der Waals surface area contributed by atoms with Gasteiger partial charge in [-0.1, -0.05) is 147 Å². The van der Waals surface area contributed by atoms with Crippen LogP contribution in [0.2, 0.25) is 0 Å². The van der Waals surface area contributed by atoms with E-state index >= 15 is 0 Å². The van der Waals surface area contributed by atoms with Crippen LogP contribution in [0, 0.1) is 0 Å². The van der Waals surface area contributed by atoms with Gasteiger partial charge < -0.3 is 4.90 Å². The van der Waals surface area contributed by atoms with Gasteiger partial charge in [0.05, 0.1) is 16.1 Å². The lowest BCUT2D eigenvalue weighted by Crippen LogP contribution is -2.17. The molecular formula is C49H35NS. The molecule has 0 saturated heterocycles. The molecule has 0 spiro atoms. The van der Waals surface area contributed by atoms with Gasteiger partial charge in [-0.3, -0.25) is 0 Å². The Kier molecular flexibility index (Phi) is 6.78. The van der Waals surface area contributed by atoms with Crippen LogP contribution in [-0.4, -0.2) is 0 Å². The fourth-order valence-corrected chi connectivity index (χ4v) is 9.47. The molecule has 0 N–H and O–H groups in total. The van der Waals surface area contributed by atoms with Crippen molar-refractivity contribution in [2.45, 2.75) is 19.3 Å². The first-order valence-corrected chi connectivity index (χ1v) is 18.5. The topological polar surface area (TPSA) is 3.24 Å². The van der Waals surface area contributed by atoms with Gasteiger partial charge in [0.25, 0.3) is 0 Å². The summed E-state index contributed by atoms with van der Waals surface area (Å²) in [5, 5.41) is 5.08. The smallest absolute Gasteiger partial charge is 0.0646 e. The third kappa shape index (κ3) is 4.75. The van der Waals surface area contributed by atoms with Crippen molar-refractivity contribution in [1.82, 2.24) is 0 Å². The zero-order valence-corrected chi connectivity index (χ0v) is 29.4. The first-order valence-electron chi connectivity index (χ1n) is 17.7. The molecule has 0 atom stereocenters. The van der Waals surface area contributed by atoms with E-state index in [9.17, 15) is 0 Å². The monoisotopic (exact) mass is 669 g/mol. The van der Waals surface area contributed by atoms with E-state index in [0.717, 1.165) is 11.4 Å². The summed E-state index contributed by atoms with van der Waals surface area (Å²) in [6, 6.07) is 65.0. The number of fused-ring (bicyclic) bond motifs is 7. The van der Waals surface area contributed by atoms with Crippen LogP contribution < -0.4 is 4.90 Å². The Morgan fingerprint density at radius 3 is 2.02 bits per heavy atom. The molecule has 1 nitrogen and oxygen atoms in total. The van der Waals surface area contributed by atoms with Crippen LogP contribution in [0.25, 0.3) is 64.3 Å². The fraction of sp³-hybridized carbons (Fsp3) is 0.0612. The number of benzene rings is 8. The zero-order chi connectivity index (χ0) is 34.1. The molecule has 2 heteroatoms. The van der Waals surface area contributed by atoms with Gasteiger partial charge in [0.2, 0.25) is 0 Å².